The number of hydrogen-bond acceptors (Lipinski definition) is 5. The van der Waals surface area contributed by atoms with Crippen LogP contribution in [0, 0.1) is 5.92 Å². The number of thiazole rings is 1. The molecule has 0 radical (unpaired) electrons. The molecule has 5 rings (SSSR count). The van der Waals surface area contributed by atoms with Gasteiger partial charge in [0.1, 0.15) is 23.7 Å². The van der Waals surface area contributed by atoms with Crippen LogP contribution in [0.25, 0.3) is 16.9 Å². The number of aryl methyl sites for hydroxylation is 1. The first-order valence-electron chi connectivity index (χ1n) is 10.2. The Labute approximate surface area is 180 Å². The largest absolute Gasteiger partial charge is 0.465 e. The van der Waals surface area contributed by atoms with Gasteiger partial charge >= 0.3 is 5.97 Å². The van der Waals surface area contributed by atoms with Crippen LogP contribution in [0.15, 0.2) is 24.2 Å². The van der Waals surface area contributed by atoms with E-state index in [0.717, 1.165) is 34.4 Å². The maximum absolute atomic E-state index is 14.9. The van der Waals surface area contributed by atoms with Gasteiger partial charge in [0, 0.05) is 23.7 Å². The molecule has 0 aromatic carbocycles. The lowest BCUT2D eigenvalue weighted by Crippen LogP contribution is -2.13. The molecule has 5 nitrogen and oxygen atoms in total. The highest BCUT2D eigenvalue weighted by molar-refractivity contribution is 7.12. The van der Waals surface area contributed by atoms with Crippen molar-refractivity contribution in [1.82, 2.24) is 14.5 Å². The Bertz CT molecular complexity index is 1250. The van der Waals surface area contributed by atoms with Gasteiger partial charge in [-0.25, -0.2) is 23.1 Å². The fourth-order valence-corrected chi connectivity index (χ4v) is 5.39. The number of allylic oxidation sites excluding steroid dienone is 1. The molecular weight excluding hydrogens is 427 g/mol. The van der Waals surface area contributed by atoms with Gasteiger partial charge in [0.2, 0.25) is 0 Å². The van der Waals surface area contributed by atoms with Crippen LogP contribution in [0.1, 0.15) is 47.1 Å². The van der Waals surface area contributed by atoms with Crippen molar-refractivity contribution in [3.63, 3.8) is 0 Å². The molecule has 2 aliphatic carbocycles. The number of halogens is 3. The second-order valence-electron chi connectivity index (χ2n) is 7.86. The van der Waals surface area contributed by atoms with Crippen molar-refractivity contribution >= 4 is 34.2 Å². The van der Waals surface area contributed by atoms with E-state index in [0.29, 0.717) is 17.1 Å². The molecule has 1 saturated carbocycles. The third-order valence-electron chi connectivity index (χ3n) is 5.84. The summed E-state index contributed by atoms with van der Waals surface area (Å²) in [5.74, 6) is -3.47. The van der Waals surface area contributed by atoms with Crippen LogP contribution in [-0.4, -0.2) is 27.1 Å². The van der Waals surface area contributed by atoms with E-state index in [1.54, 1.807) is 17.7 Å². The molecule has 3 heterocycles. The fourth-order valence-electron chi connectivity index (χ4n) is 4.16. The van der Waals surface area contributed by atoms with Gasteiger partial charge < -0.3 is 9.30 Å². The van der Waals surface area contributed by atoms with Crippen molar-refractivity contribution in [2.24, 2.45) is 5.92 Å². The van der Waals surface area contributed by atoms with E-state index in [2.05, 4.69) is 9.97 Å². The number of fused-ring (bicyclic) bond motifs is 4. The van der Waals surface area contributed by atoms with Crippen LogP contribution in [0.4, 0.5) is 13.2 Å². The zero-order valence-electron chi connectivity index (χ0n) is 17.0. The third-order valence-corrected chi connectivity index (χ3v) is 7.05. The minimum absolute atomic E-state index is 0.0106. The Morgan fingerprint density at radius 1 is 1.32 bits per heavy atom. The monoisotopic (exact) mass is 447 g/mol. The summed E-state index contributed by atoms with van der Waals surface area (Å²) < 4.78 is 50.1. The Balaban J connectivity index is 1.53. The molecule has 1 fully saturated rings. The number of pyridine rings is 1. The number of carbonyl (C=O) groups is 1. The second-order valence-corrected chi connectivity index (χ2v) is 8.94. The molecule has 0 saturated heterocycles. The number of esters is 1. The summed E-state index contributed by atoms with van der Waals surface area (Å²) in [4.78, 5) is 21.1. The molecule has 2 unspecified atom stereocenters. The van der Waals surface area contributed by atoms with Crippen LogP contribution in [0.2, 0.25) is 0 Å². The third kappa shape index (κ3) is 3.17. The van der Waals surface area contributed by atoms with Gasteiger partial charge in [-0.1, -0.05) is 6.92 Å². The molecular formula is C22H20F3N3O2S. The highest BCUT2D eigenvalue weighted by Gasteiger charge is 2.65. The summed E-state index contributed by atoms with van der Waals surface area (Å²) in [5.41, 5.74) is 0.306. The molecule has 0 amide bonds. The first-order valence-corrected chi connectivity index (χ1v) is 11.0. The number of alkyl halides is 1. The van der Waals surface area contributed by atoms with Gasteiger partial charge in [-0.2, -0.15) is 0 Å². The van der Waals surface area contributed by atoms with Crippen molar-refractivity contribution < 1.29 is 22.7 Å². The first kappa shape index (κ1) is 20.2. The number of ether oxygens (including phenoxy) is 1. The Morgan fingerprint density at radius 3 is 2.87 bits per heavy atom. The molecule has 0 spiro atoms. The standard InChI is InChI=1S/C22H20F3N3O2S/c1-3-12-5-6-13-11(9-28(21(13)26-12)10-16(29)30-4-2)7-15-27-19-18(24)17(23)14-8-22(14,25)20(19)31-15/h5-6,9,14H,3-4,7-8,10H2,1-2H3. The van der Waals surface area contributed by atoms with E-state index < -0.39 is 23.2 Å². The Morgan fingerprint density at radius 2 is 2.13 bits per heavy atom. The van der Waals surface area contributed by atoms with Crippen molar-refractivity contribution in [3.8, 4) is 0 Å². The van der Waals surface area contributed by atoms with Crippen LogP contribution < -0.4 is 0 Å². The summed E-state index contributed by atoms with van der Waals surface area (Å²) >= 11 is 1.08. The lowest BCUT2D eigenvalue weighted by atomic mass is 10.1. The number of rotatable bonds is 6. The lowest BCUT2D eigenvalue weighted by molar-refractivity contribution is -0.143. The highest BCUT2D eigenvalue weighted by atomic mass is 32.1. The minimum Gasteiger partial charge on any atom is -0.465 e. The van der Waals surface area contributed by atoms with Crippen LogP contribution in [0.3, 0.4) is 0 Å². The number of aromatic nitrogens is 3. The van der Waals surface area contributed by atoms with Crippen LogP contribution >= 0.6 is 11.3 Å². The van der Waals surface area contributed by atoms with Crippen molar-refractivity contribution in [3.05, 3.63) is 51.0 Å². The molecule has 9 heteroatoms. The van der Waals surface area contributed by atoms with Gasteiger partial charge in [-0.05, 0) is 37.5 Å². The van der Waals surface area contributed by atoms with Crippen LogP contribution in [0.5, 0.6) is 0 Å². The fraction of sp³-hybridized carbons (Fsp3) is 0.409. The minimum atomic E-state index is -1.83. The molecule has 3 aromatic rings. The molecule has 0 bridgehead atoms. The second kappa shape index (κ2) is 7.19. The number of hydrogen-bond donors (Lipinski definition) is 0. The van der Waals surface area contributed by atoms with Gasteiger partial charge in [0.15, 0.2) is 11.5 Å². The summed E-state index contributed by atoms with van der Waals surface area (Å²) in [6, 6.07) is 3.84. The average molecular weight is 447 g/mol. The number of carbonyl (C=O) groups excluding carboxylic acids is 1. The molecule has 2 aliphatic rings. The predicted octanol–water partition coefficient (Wildman–Crippen LogP) is 5.02. The highest BCUT2D eigenvalue weighted by Crippen LogP contribution is 2.66. The van der Waals surface area contributed by atoms with E-state index in [1.165, 1.54) is 0 Å². The summed E-state index contributed by atoms with van der Waals surface area (Å²) in [5, 5.41) is 1.32. The van der Waals surface area contributed by atoms with Crippen molar-refractivity contribution in [2.45, 2.75) is 45.3 Å². The molecule has 162 valence electrons. The van der Waals surface area contributed by atoms with Crippen molar-refractivity contribution in [1.29, 1.82) is 0 Å². The molecule has 31 heavy (non-hydrogen) atoms. The quantitative estimate of drug-likeness (QED) is 0.498. The van der Waals surface area contributed by atoms with Gasteiger partial charge in [-0.15, -0.1) is 11.3 Å². The zero-order valence-corrected chi connectivity index (χ0v) is 17.9. The topological polar surface area (TPSA) is 57.0 Å². The van der Waals surface area contributed by atoms with E-state index in [4.69, 9.17) is 4.74 Å². The zero-order chi connectivity index (χ0) is 21.9. The molecule has 0 N–H and O–H groups in total. The average Bonchev–Trinajstić information content (AvgIpc) is 3.12. The number of nitrogens with zero attached hydrogens (tertiary/aromatic N) is 3. The summed E-state index contributed by atoms with van der Waals surface area (Å²) in [7, 11) is 0. The molecule has 3 aromatic heterocycles. The predicted molar refractivity (Wildman–Crippen MR) is 111 cm³/mol. The normalized spacial score (nSPS) is 21.9. The van der Waals surface area contributed by atoms with E-state index in [1.807, 2.05) is 19.1 Å². The van der Waals surface area contributed by atoms with Crippen molar-refractivity contribution in [2.75, 3.05) is 6.61 Å². The van der Waals surface area contributed by atoms with E-state index in [-0.39, 0.29) is 36.1 Å². The Kier molecular flexibility index (Phi) is 4.69. The summed E-state index contributed by atoms with van der Waals surface area (Å²) in [6.45, 7) is 4.03. The molecule has 0 aliphatic heterocycles. The lowest BCUT2D eigenvalue weighted by Gasteiger charge is -2.11. The van der Waals surface area contributed by atoms with Gasteiger partial charge in [0.25, 0.3) is 0 Å². The van der Waals surface area contributed by atoms with Crippen LogP contribution in [-0.2, 0) is 34.6 Å². The summed E-state index contributed by atoms with van der Waals surface area (Å²) in [6.07, 6.45) is 2.80. The smallest absolute Gasteiger partial charge is 0.325 e. The van der Waals surface area contributed by atoms with E-state index in [9.17, 15) is 18.0 Å². The maximum Gasteiger partial charge on any atom is 0.325 e. The van der Waals surface area contributed by atoms with E-state index >= 15 is 0 Å². The SMILES string of the molecule is CCOC(=O)Cn1cc(Cc2nc3c(s2)C2(F)CC2C(F)=C3F)c2ccc(CC)nc21. The van der Waals surface area contributed by atoms with Gasteiger partial charge in [-0.3, -0.25) is 4.79 Å². The molecule has 2 atom stereocenters. The maximum atomic E-state index is 14.9. The first-order chi connectivity index (χ1) is 14.9. The Hall–Kier alpha value is -2.68. The van der Waals surface area contributed by atoms with Gasteiger partial charge in [0.05, 0.1) is 22.4 Å².